The van der Waals surface area contributed by atoms with Crippen LogP contribution in [0.4, 0.5) is 5.69 Å². The lowest BCUT2D eigenvalue weighted by Crippen LogP contribution is -2.23. The number of carboxylic acids is 1. The summed E-state index contributed by atoms with van der Waals surface area (Å²) in [4.78, 5) is 48.1. The molecule has 2 rings (SSSR count). The Balaban J connectivity index is 0.000000749. The summed E-state index contributed by atoms with van der Waals surface area (Å²) in [5.41, 5.74) is 0.174. The zero-order chi connectivity index (χ0) is 22.5. The number of benzene rings is 1. The Bertz CT molecular complexity index is 788. The van der Waals surface area contributed by atoms with Crippen LogP contribution in [0, 0.1) is 17.3 Å². The molecule has 1 fully saturated rings. The van der Waals surface area contributed by atoms with Gasteiger partial charge in [-0.2, -0.15) is 0 Å². The molecule has 0 heterocycles. The van der Waals surface area contributed by atoms with Gasteiger partial charge in [-0.05, 0) is 23.6 Å². The maximum absolute atomic E-state index is 12.4. The van der Waals surface area contributed by atoms with Gasteiger partial charge < -0.3 is 25.0 Å². The summed E-state index contributed by atoms with van der Waals surface area (Å²) >= 11 is 0. The first-order valence-corrected chi connectivity index (χ1v) is 8.93. The summed E-state index contributed by atoms with van der Waals surface area (Å²) in [5.74, 6) is -2.47. The maximum Gasteiger partial charge on any atom is 0.307 e. The molecule has 3 amide bonds. The molecule has 160 valence electrons. The monoisotopic (exact) mass is 407 g/mol. The minimum Gasteiger partial charge on any atom is -0.496 e. The molecular formula is C20H29N3O6. The standard InChI is InChI=1S/C17H22N2O5.C3H7NO/c1-17(2)12(13(17)16(22)23)14(20)18-9-6-7-11(24-5)10(8-9)15(21)19(3)4;1-4(2)3-5/h6-8,12-13H,1-5H3,(H,18,20)(H,22,23);3H,1-2H3. The summed E-state index contributed by atoms with van der Waals surface area (Å²) in [6, 6.07) is 4.75. The highest BCUT2D eigenvalue weighted by Gasteiger charge is 2.65. The van der Waals surface area contributed by atoms with E-state index in [1.54, 1.807) is 54.2 Å². The Morgan fingerprint density at radius 2 is 1.69 bits per heavy atom. The number of carboxylic acid groups (broad SMARTS) is 1. The van der Waals surface area contributed by atoms with Crippen molar-refractivity contribution in [2.45, 2.75) is 13.8 Å². The van der Waals surface area contributed by atoms with Gasteiger partial charge in [-0.15, -0.1) is 0 Å². The largest absolute Gasteiger partial charge is 0.496 e. The highest BCUT2D eigenvalue weighted by Crippen LogP contribution is 2.58. The highest BCUT2D eigenvalue weighted by molar-refractivity contribution is 6.02. The van der Waals surface area contributed by atoms with Crippen molar-refractivity contribution in [2.75, 3.05) is 40.6 Å². The van der Waals surface area contributed by atoms with Gasteiger partial charge in [0.25, 0.3) is 5.91 Å². The maximum atomic E-state index is 12.4. The fourth-order valence-corrected chi connectivity index (χ4v) is 3.00. The van der Waals surface area contributed by atoms with Crippen molar-refractivity contribution in [1.82, 2.24) is 9.80 Å². The molecule has 0 aliphatic heterocycles. The molecule has 9 nitrogen and oxygen atoms in total. The number of carbonyl (C=O) groups is 4. The zero-order valence-electron chi connectivity index (χ0n) is 17.8. The Kier molecular flexibility index (Phi) is 7.76. The average Bonchev–Trinajstić information content (AvgIpc) is 3.24. The van der Waals surface area contributed by atoms with E-state index in [4.69, 9.17) is 4.74 Å². The number of nitrogens with one attached hydrogen (secondary N) is 1. The first kappa shape index (κ1) is 23.9. The van der Waals surface area contributed by atoms with Gasteiger partial charge in [-0.25, -0.2) is 0 Å². The van der Waals surface area contributed by atoms with Crippen molar-refractivity contribution in [3.63, 3.8) is 0 Å². The molecule has 0 saturated heterocycles. The first-order chi connectivity index (χ1) is 13.4. The molecule has 0 aromatic heterocycles. The summed E-state index contributed by atoms with van der Waals surface area (Å²) in [6.45, 7) is 3.51. The van der Waals surface area contributed by atoms with Crippen LogP contribution < -0.4 is 10.1 Å². The molecule has 0 spiro atoms. The van der Waals surface area contributed by atoms with E-state index in [0.717, 1.165) is 6.41 Å². The van der Waals surface area contributed by atoms with Crippen LogP contribution in [0.5, 0.6) is 5.75 Å². The minimum absolute atomic E-state index is 0.252. The van der Waals surface area contributed by atoms with Gasteiger partial charge in [0.05, 0.1) is 24.5 Å². The summed E-state index contributed by atoms with van der Waals surface area (Å²) < 4.78 is 5.18. The van der Waals surface area contributed by atoms with E-state index in [1.165, 1.54) is 23.0 Å². The summed E-state index contributed by atoms with van der Waals surface area (Å²) in [5, 5.41) is 11.9. The molecule has 2 N–H and O–H groups in total. The number of hydrogen-bond donors (Lipinski definition) is 2. The zero-order valence-corrected chi connectivity index (χ0v) is 17.8. The average molecular weight is 407 g/mol. The van der Waals surface area contributed by atoms with Gasteiger partial charge in [-0.1, -0.05) is 13.8 Å². The van der Waals surface area contributed by atoms with E-state index >= 15 is 0 Å². The summed E-state index contributed by atoms with van der Waals surface area (Å²) in [6.07, 6.45) is 0.750. The number of aliphatic carboxylic acids is 1. The second kappa shape index (κ2) is 9.40. The molecule has 0 radical (unpaired) electrons. The molecular weight excluding hydrogens is 378 g/mol. The van der Waals surface area contributed by atoms with Crippen LogP contribution in [0.2, 0.25) is 0 Å². The van der Waals surface area contributed by atoms with E-state index in [0.29, 0.717) is 17.0 Å². The third-order valence-corrected chi connectivity index (χ3v) is 4.69. The molecule has 1 aromatic carbocycles. The molecule has 9 heteroatoms. The van der Waals surface area contributed by atoms with Gasteiger partial charge in [0.2, 0.25) is 12.3 Å². The van der Waals surface area contributed by atoms with E-state index in [1.807, 2.05) is 0 Å². The van der Waals surface area contributed by atoms with Gasteiger partial charge in [-0.3, -0.25) is 19.2 Å². The Morgan fingerprint density at radius 3 is 2.07 bits per heavy atom. The molecule has 1 aliphatic rings. The third-order valence-electron chi connectivity index (χ3n) is 4.69. The van der Waals surface area contributed by atoms with Crippen LogP contribution in [0.1, 0.15) is 24.2 Å². The minimum atomic E-state index is -0.974. The number of ether oxygens (including phenoxy) is 1. The van der Waals surface area contributed by atoms with E-state index < -0.39 is 23.2 Å². The quantitative estimate of drug-likeness (QED) is 0.689. The number of rotatable bonds is 6. The van der Waals surface area contributed by atoms with Crippen LogP contribution in [-0.2, 0) is 14.4 Å². The molecule has 2 atom stereocenters. The van der Waals surface area contributed by atoms with E-state index in [9.17, 15) is 24.3 Å². The van der Waals surface area contributed by atoms with Crippen LogP contribution in [0.3, 0.4) is 0 Å². The van der Waals surface area contributed by atoms with Crippen molar-refractivity contribution in [1.29, 1.82) is 0 Å². The molecule has 1 aromatic rings. The predicted molar refractivity (Wildman–Crippen MR) is 108 cm³/mol. The lowest BCUT2D eigenvalue weighted by atomic mass is 10.1. The SMILES string of the molecule is CN(C)C=O.COc1ccc(NC(=O)C2C(C(=O)O)C2(C)C)cc1C(=O)N(C)C. The Labute approximate surface area is 170 Å². The fourth-order valence-electron chi connectivity index (χ4n) is 3.00. The van der Waals surface area contributed by atoms with Crippen LogP contribution in [-0.4, -0.2) is 74.4 Å². The summed E-state index contributed by atoms with van der Waals surface area (Å²) in [7, 11) is 8.08. The number of hydrogen-bond acceptors (Lipinski definition) is 5. The second-order valence-corrected chi connectivity index (χ2v) is 7.79. The van der Waals surface area contributed by atoms with Crippen molar-refractivity contribution in [2.24, 2.45) is 17.3 Å². The predicted octanol–water partition coefficient (Wildman–Crippen LogP) is 1.40. The van der Waals surface area contributed by atoms with Gasteiger partial charge in [0.15, 0.2) is 0 Å². The van der Waals surface area contributed by atoms with E-state index in [2.05, 4.69) is 5.32 Å². The van der Waals surface area contributed by atoms with Crippen molar-refractivity contribution < 1.29 is 29.0 Å². The molecule has 1 aliphatic carbocycles. The molecule has 0 bridgehead atoms. The van der Waals surface area contributed by atoms with Gasteiger partial charge in [0, 0.05) is 33.9 Å². The van der Waals surface area contributed by atoms with Gasteiger partial charge >= 0.3 is 5.97 Å². The topological polar surface area (TPSA) is 116 Å². The lowest BCUT2D eigenvalue weighted by Gasteiger charge is -2.15. The number of nitrogens with zero attached hydrogens (tertiary/aromatic N) is 2. The fraction of sp³-hybridized carbons (Fsp3) is 0.500. The van der Waals surface area contributed by atoms with Crippen molar-refractivity contribution in [3.05, 3.63) is 23.8 Å². The van der Waals surface area contributed by atoms with Crippen LogP contribution in [0.15, 0.2) is 18.2 Å². The molecule has 29 heavy (non-hydrogen) atoms. The highest BCUT2D eigenvalue weighted by atomic mass is 16.5. The van der Waals surface area contributed by atoms with Crippen LogP contribution in [0.25, 0.3) is 0 Å². The number of anilines is 1. The lowest BCUT2D eigenvalue weighted by molar-refractivity contribution is -0.140. The van der Waals surface area contributed by atoms with E-state index in [-0.39, 0.29) is 11.8 Å². The normalized spacial score (nSPS) is 18.4. The molecule has 2 unspecified atom stereocenters. The molecule has 1 saturated carbocycles. The number of methoxy groups -OCH3 is 1. The van der Waals surface area contributed by atoms with Crippen molar-refractivity contribution in [3.8, 4) is 5.75 Å². The Hall–Kier alpha value is -3.10. The number of amides is 3. The van der Waals surface area contributed by atoms with Crippen molar-refractivity contribution >= 4 is 29.9 Å². The second-order valence-electron chi connectivity index (χ2n) is 7.79. The Morgan fingerprint density at radius 1 is 1.14 bits per heavy atom. The van der Waals surface area contributed by atoms with Gasteiger partial charge in [0.1, 0.15) is 5.75 Å². The first-order valence-electron chi connectivity index (χ1n) is 8.93. The smallest absolute Gasteiger partial charge is 0.307 e. The third kappa shape index (κ3) is 5.69. The van der Waals surface area contributed by atoms with Crippen LogP contribution >= 0.6 is 0 Å². The number of carbonyl (C=O) groups excluding carboxylic acids is 3.